The highest BCUT2D eigenvalue weighted by molar-refractivity contribution is 7.18. The SMILES string of the molecule is O=C(C1CO1)N1CCN(Cc2nc3ccccc3s2)CC1. The molecule has 0 aliphatic carbocycles. The fraction of sp³-hybridized carbons (Fsp3) is 0.467. The van der Waals surface area contributed by atoms with Gasteiger partial charge in [0.2, 0.25) is 0 Å². The van der Waals surface area contributed by atoms with Crippen LogP contribution in [0.15, 0.2) is 24.3 Å². The lowest BCUT2D eigenvalue weighted by atomic mass is 10.3. The molecule has 1 amide bonds. The van der Waals surface area contributed by atoms with Crippen molar-refractivity contribution in [3.63, 3.8) is 0 Å². The Morgan fingerprint density at radius 1 is 1.29 bits per heavy atom. The lowest BCUT2D eigenvalue weighted by Crippen LogP contribution is -2.49. The normalized spacial score (nSPS) is 22.7. The summed E-state index contributed by atoms with van der Waals surface area (Å²) in [5, 5.41) is 1.15. The Morgan fingerprint density at radius 2 is 2.05 bits per heavy atom. The third-order valence-electron chi connectivity index (χ3n) is 3.99. The number of para-hydroxylation sites is 1. The van der Waals surface area contributed by atoms with Crippen molar-refractivity contribution in [2.45, 2.75) is 12.6 Å². The van der Waals surface area contributed by atoms with E-state index < -0.39 is 0 Å². The number of piperazine rings is 1. The fourth-order valence-electron chi connectivity index (χ4n) is 2.70. The zero-order chi connectivity index (χ0) is 14.2. The molecule has 0 saturated carbocycles. The molecular formula is C15H17N3O2S. The van der Waals surface area contributed by atoms with Gasteiger partial charge in [-0.3, -0.25) is 9.69 Å². The maximum Gasteiger partial charge on any atom is 0.254 e. The van der Waals surface area contributed by atoms with Gasteiger partial charge in [-0.2, -0.15) is 0 Å². The van der Waals surface area contributed by atoms with Gasteiger partial charge in [0.1, 0.15) is 5.01 Å². The number of carbonyl (C=O) groups excluding carboxylic acids is 1. The van der Waals surface area contributed by atoms with Gasteiger partial charge in [0.05, 0.1) is 23.4 Å². The molecule has 2 aliphatic rings. The Kier molecular flexibility index (Phi) is 3.37. The van der Waals surface area contributed by atoms with Crippen molar-refractivity contribution in [2.75, 3.05) is 32.8 Å². The van der Waals surface area contributed by atoms with E-state index in [1.165, 1.54) is 4.70 Å². The summed E-state index contributed by atoms with van der Waals surface area (Å²) in [5.41, 5.74) is 1.08. The quantitative estimate of drug-likeness (QED) is 0.803. The van der Waals surface area contributed by atoms with E-state index in [-0.39, 0.29) is 12.0 Å². The molecule has 2 saturated heterocycles. The van der Waals surface area contributed by atoms with Gasteiger partial charge in [-0.05, 0) is 12.1 Å². The summed E-state index contributed by atoms with van der Waals surface area (Å²) >= 11 is 1.76. The Labute approximate surface area is 127 Å². The number of amides is 1. The van der Waals surface area contributed by atoms with Crippen molar-refractivity contribution in [1.29, 1.82) is 0 Å². The van der Waals surface area contributed by atoms with Crippen LogP contribution in [0.4, 0.5) is 0 Å². The van der Waals surface area contributed by atoms with Crippen LogP contribution in [0.25, 0.3) is 10.2 Å². The number of aromatic nitrogens is 1. The van der Waals surface area contributed by atoms with E-state index in [1.807, 2.05) is 11.0 Å². The number of nitrogens with zero attached hydrogens (tertiary/aromatic N) is 3. The molecule has 1 aromatic heterocycles. The average molecular weight is 303 g/mol. The van der Waals surface area contributed by atoms with Crippen molar-refractivity contribution in [3.05, 3.63) is 29.3 Å². The Morgan fingerprint density at radius 3 is 2.76 bits per heavy atom. The predicted molar refractivity (Wildman–Crippen MR) is 81.2 cm³/mol. The number of thiazole rings is 1. The molecule has 0 bridgehead atoms. The van der Waals surface area contributed by atoms with Crippen LogP contribution in [0.2, 0.25) is 0 Å². The van der Waals surface area contributed by atoms with Crippen LogP contribution in [-0.4, -0.2) is 59.6 Å². The van der Waals surface area contributed by atoms with Gasteiger partial charge in [0, 0.05) is 26.2 Å². The second kappa shape index (κ2) is 5.36. The van der Waals surface area contributed by atoms with E-state index in [9.17, 15) is 4.79 Å². The predicted octanol–water partition coefficient (Wildman–Crippen LogP) is 1.34. The van der Waals surface area contributed by atoms with Gasteiger partial charge in [-0.25, -0.2) is 4.98 Å². The number of rotatable bonds is 3. The minimum Gasteiger partial charge on any atom is -0.363 e. The van der Waals surface area contributed by atoms with Gasteiger partial charge in [-0.1, -0.05) is 12.1 Å². The molecule has 2 aliphatic heterocycles. The second-order valence-electron chi connectivity index (χ2n) is 5.50. The molecule has 3 heterocycles. The van der Waals surface area contributed by atoms with Crippen LogP contribution in [0, 0.1) is 0 Å². The van der Waals surface area contributed by atoms with Gasteiger partial charge in [0.25, 0.3) is 5.91 Å². The zero-order valence-corrected chi connectivity index (χ0v) is 12.5. The number of hydrogen-bond acceptors (Lipinski definition) is 5. The lowest BCUT2D eigenvalue weighted by molar-refractivity contribution is -0.134. The van der Waals surface area contributed by atoms with E-state index >= 15 is 0 Å². The summed E-state index contributed by atoms with van der Waals surface area (Å²) in [6.07, 6.45) is -0.152. The number of hydrogen-bond donors (Lipinski definition) is 0. The van der Waals surface area contributed by atoms with E-state index in [2.05, 4.69) is 28.1 Å². The molecule has 110 valence electrons. The first kappa shape index (κ1) is 13.2. The van der Waals surface area contributed by atoms with Crippen molar-refractivity contribution in [3.8, 4) is 0 Å². The Bertz CT molecular complexity index is 627. The summed E-state index contributed by atoms with van der Waals surface area (Å²) in [7, 11) is 0. The van der Waals surface area contributed by atoms with Crippen LogP contribution >= 0.6 is 11.3 Å². The highest BCUT2D eigenvalue weighted by Crippen LogP contribution is 2.23. The highest BCUT2D eigenvalue weighted by Gasteiger charge is 2.36. The molecule has 4 rings (SSSR count). The third-order valence-corrected chi connectivity index (χ3v) is 5.01. The molecule has 2 fully saturated rings. The first-order chi connectivity index (χ1) is 10.3. The second-order valence-corrected chi connectivity index (χ2v) is 6.61. The third kappa shape index (κ3) is 2.79. The molecule has 0 N–H and O–H groups in total. The number of carbonyl (C=O) groups is 1. The van der Waals surface area contributed by atoms with Crippen molar-refractivity contribution in [1.82, 2.24) is 14.8 Å². The van der Waals surface area contributed by atoms with Crippen LogP contribution in [-0.2, 0) is 16.1 Å². The molecule has 2 aromatic rings. The Balaban J connectivity index is 1.36. The minimum atomic E-state index is -0.152. The van der Waals surface area contributed by atoms with Crippen molar-refractivity contribution >= 4 is 27.5 Å². The summed E-state index contributed by atoms with van der Waals surface area (Å²) in [5.74, 6) is 0.162. The van der Waals surface area contributed by atoms with Gasteiger partial charge in [-0.15, -0.1) is 11.3 Å². The van der Waals surface area contributed by atoms with E-state index in [1.54, 1.807) is 11.3 Å². The smallest absolute Gasteiger partial charge is 0.254 e. The fourth-order valence-corrected chi connectivity index (χ4v) is 3.71. The van der Waals surface area contributed by atoms with Crippen LogP contribution in [0.3, 0.4) is 0 Å². The van der Waals surface area contributed by atoms with Gasteiger partial charge in [0.15, 0.2) is 6.10 Å². The standard InChI is InChI=1S/C15H17N3O2S/c19-15(12-10-20-12)18-7-5-17(6-8-18)9-14-16-11-3-1-2-4-13(11)21-14/h1-4,12H,5-10H2. The van der Waals surface area contributed by atoms with Gasteiger partial charge < -0.3 is 9.64 Å². The number of benzene rings is 1. The molecule has 5 nitrogen and oxygen atoms in total. The van der Waals surface area contributed by atoms with Gasteiger partial charge >= 0.3 is 0 Å². The van der Waals surface area contributed by atoms with E-state index in [0.717, 1.165) is 43.2 Å². The largest absolute Gasteiger partial charge is 0.363 e. The topological polar surface area (TPSA) is 49.0 Å². The summed E-state index contributed by atoms with van der Waals surface area (Å²) < 4.78 is 6.31. The molecule has 1 atom stereocenters. The minimum absolute atomic E-state index is 0.152. The summed E-state index contributed by atoms with van der Waals surface area (Å²) in [6, 6.07) is 8.25. The van der Waals surface area contributed by atoms with Crippen LogP contribution in [0.5, 0.6) is 0 Å². The first-order valence-corrected chi connectivity index (χ1v) is 8.08. The maximum atomic E-state index is 11.9. The molecule has 1 unspecified atom stereocenters. The molecule has 0 radical (unpaired) electrons. The Hall–Kier alpha value is -1.50. The number of ether oxygens (including phenoxy) is 1. The van der Waals surface area contributed by atoms with Crippen LogP contribution < -0.4 is 0 Å². The number of epoxide rings is 1. The first-order valence-electron chi connectivity index (χ1n) is 7.27. The van der Waals surface area contributed by atoms with Crippen molar-refractivity contribution in [2.24, 2.45) is 0 Å². The molecule has 21 heavy (non-hydrogen) atoms. The average Bonchev–Trinajstić information content (AvgIpc) is 3.27. The number of fused-ring (bicyclic) bond motifs is 1. The zero-order valence-electron chi connectivity index (χ0n) is 11.7. The molecule has 0 spiro atoms. The van der Waals surface area contributed by atoms with E-state index in [0.29, 0.717) is 6.61 Å². The van der Waals surface area contributed by atoms with E-state index in [4.69, 9.17) is 4.74 Å². The summed E-state index contributed by atoms with van der Waals surface area (Å²) in [4.78, 5) is 20.9. The molecule has 1 aromatic carbocycles. The van der Waals surface area contributed by atoms with Crippen molar-refractivity contribution < 1.29 is 9.53 Å². The molecule has 6 heteroatoms. The monoisotopic (exact) mass is 303 g/mol. The molecular weight excluding hydrogens is 286 g/mol. The summed E-state index contributed by atoms with van der Waals surface area (Å²) in [6.45, 7) is 4.89. The highest BCUT2D eigenvalue weighted by atomic mass is 32.1. The lowest BCUT2D eigenvalue weighted by Gasteiger charge is -2.34. The maximum absolute atomic E-state index is 11.9. The van der Waals surface area contributed by atoms with Crippen LogP contribution in [0.1, 0.15) is 5.01 Å².